The number of carbonyl (C=O) groups excluding carboxylic acids is 1. The summed E-state index contributed by atoms with van der Waals surface area (Å²) >= 11 is 0. The van der Waals surface area contributed by atoms with Gasteiger partial charge in [0.2, 0.25) is 0 Å². The lowest BCUT2D eigenvalue weighted by Crippen LogP contribution is -2.56. The van der Waals surface area contributed by atoms with Gasteiger partial charge in [-0.05, 0) is 106 Å². The smallest absolute Gasteiger partial charge is 0.263 e. The van der Waals surface area contributed by atoms with Crippen molar-refractivity contribution in [3.05, 3.63) is 41.1 Å². The van der Waals surface area contributed by atoms with Gasteiger partial charge in [0, 0.05) is 17.9 Å². The summed E-state index contributed by atoms with van der Waals surface area (Å²) in [5, 5.41) is 15.8. The molecule has 0 aromatic heterocycles. The summed E-state index contributed by atoms with van der Waals surface area (Å²) in [4.78, 5) is 12.8. The van der Waals surface area contributed by atoms with E-state index in [2.05, 4.69) is 29.7 Å². The van der Waals surface area contributed by atoms with Gasteiger partial charge in [-0.3, -0.25) is 4.79 Å². The van der Waals surface area contributed by atoms with Crippen molar-refractivity contribution >= 4 is 11.6 Å². The van der Waals surface area contributed by atoms with E-state index in [4.69, 9.17) is 0 Å². The summed E-state index contributed by atoms with van der Waals surface area (Å²) in [6, 6.07) is 8.30. The van der Waals surface area contributed by atoms with Crippen LogP contribution in [0.1, 0.15) is 56.6 Å². The molecule has 4 saturated carbocycles. The minimum Gasteiger partial charge on any atom is -0.360 e. The molecule has 4 aliphatic rings. The van der Waals surface area contributed by atoms with E-state index in [1.54, 1.807) is 0 Å². The number of nitrogens with one attached hydrogen (secondary N) is 2. The van der Waals surface area contributed by atoms with Crippen LogP contribution in [0, 0.1) is 48.3 Å². The number of hydrogen-bond acceptors (Lipinski definition) is 3. The Balaban J connectivity index is 1.43. The summed E-state index contributed by atoms with van der Waals surface area (Å²) in [6.07, 6.45) is 9.44. The standard InChI is InChI=1S/C24H31N3O/c1-15-4-16(2)6-22(5-15)26-14-21(13-25)23(28)27-17(3)24-10-18-7-19(11-24)9-20(8-18)12-24/h4-6,14,17-20,26H,7-12H2,1-3H3,(H,27,28)/b21-14-. The van der Waals surface area contributed by atoms with Crippen LogP contribution >= 0.6 is 0 Å². The Bertz CT molecular complexity index is 792. The molecule has 0 heterocycles. The number of benzene rings is 1. The number of nitrogens with zero attached hydrogens (tertiary/aromatic N) is 1. The van der Waals surface area contributed by atoms with E-state index in [0.717, 1.165) is 34.6 Å². The maximum absolute atomic E-state index is 12.8. The Labute approximate surface area is 168 Å². The molecule has 1 aromatic carbocycles. The van der Waals surface area contributed by atoms with Crippen molar-refractivity contribution in [3.63, 3.8) is 0 Å². The largest absolute Gasteiger partial charge is 0.360 e. The molecule has 1 amide bonds. The molecular weight excluding hydrogens is 346 g/mol. The highest BCUT2D eigenvalue weighted by atomic mass is 16.1. The molecule has 0 aliphatic heterocycles. The zero-order chi connectivity index (χ0) is 19.9. The van der Waals surface area contributed by atoms with Gasteiger partial charge in [0.25, 0.3) is 5.91 Å². The third-order valence-electron chi connectivity index (χ3n) is 7.32. The van der Waals surface area contributed by atoms with E-state index in [9.17, 15) is 10.1 Å². The minimum atomic E-state index is -0.261. The predicted molar refractivity (Wildman–Crippen MR) is 111 cm³/mol. The number of rotatable bonds is 5. The van der Waals surface area contributed by atoms with E-state index in [1.165, 1.54) is 44.7 Å². The van der Waals surface area contributed by atoms with Crippen LogP contribution < -0.4 is 10.6 Å². The van der Waals surface area contributed by atoms with Crippen LogP contribution in [0.15, 0.2) is 30.0 Å². The topological polar surface area (TPSA) is 64.9 Å². The van der Waals surface area contributed by atoms with Gasteiger partial charge >= 0.3 is 0 Å². The van der Waals surface area contributed by atoms with Gasteiger partial charge in [-0.1, -0.05) is 6.07 Å². The summed E-state index contributed by atoms with van der Waals surface area (Å²) < 4.78 is 0. The van der Waals surface area contributed by atoms with Crippen LogP contribution in [0.4, 0.5) is 5.69 Å². The van der Waals surface area contributed by atoms with Crippen LogP contribution in [0.5, 0.6) is 0 Å². The summed E-state index contributed by atoms with van der Waals surface area (Å²) in [5.74, 6) is 2.29. The normalized spacial score (nSPS) is 31.9. The van der Waals surface area contributed by atoms with Crippen molar-refractivity contribution in [2.45, 2.75) is 65.3 Å². The molecule has 0 spiro atoms. The van der Waals surface area contributed by atoms with Crippen molar-refractivity contribution in [1.82, 2.24) is 5.32 Å². The zero-order valence-corrected chi connectivity index (χ0v) is 17.2. The Hall–Kier alpha value is -2.28. The van der Waals surface area contributed by atoms with E-state index in [0.29, 0.717) is 0 Å². The molecule has 4 heteroatoms. The molecule has 1 aromatic rings. The average Bonchev–Trinajstić information content (AvgIpc) is 2.60. The molecule has 0 saturated heterocycles. The van der Waals surface area contributed by atoms with Gasteiger partial charge in [-0.15, -0.1) is 0 Å². The number of aryl methyl sites for hydroxylation is 2. The quantitative estimate of drug-likeness (QED) is 0.570. The van der Waals surface area contributed by atoms with Crippen molar-refractivity contribution in [2.75, 3.05) is 5.32 Å². The molecule has 1 atom stereocenters. The first kappa shape index (κ1) is 19.1. The molecule has 148 valence electrons. The van der Waals surface area contributed by atoms with E-state index < -0.39 is 0 Å². The highest BCUT2D eigenvalue weighted by Gasteiger charge is 2.53. The maximum atomic E-state index is 12.8. The molecule has 0 radical (unpaired) electrons. The Morgan fingerprint density at radius 1 is 1.11 bits per heavy atom. The van der Waals surface area contributed by atoms with E-state index in [-0.39, 0.29) is 22.9 Å². The van der Waals surface area contributed by atoms with Crippen LogP contribution in [-0.4, -0.2) is 11.9 Å². The lowest BCUT2D eigenvalue weighted by atomic mass is 9.48. The third kappa shape index (κ3) is 3.68. The fraction of sp³-hybridized carbons (Fsp3) is 0.583. The van der Waals surface area contributed by atoms with Crippen molar-refractivity contribution < 1.29 is 4.79 Å². The zero-order valence-electron chi connectivity index (χ0n) is 17.2. The minimum absolute atomic E-state index is 0.117. The first-order chi connectivity index (χ1) is 13.4. The lowest BCUT2D eigenvalue weighted by Gasteiger charge is -2.59. The fourth-order valence-electron chi connectivity index (χ4n) is 6.50. The molecule has 4 aliphatic carbocycles. The third-order valence-corrected chi connectivity index (χ3v) is 7.32. The summed E-state index contributed by atoms with van der Waals surface area (Å²) in [6.45, 7) is 6.22. The number of amides is 1. The monoisotopic (exact) mass is 377 g/mol. The molecule has 2 N–H and O–H groups in total. The number of nitriles is 1. The maximum Gasteiger partial charge on any atom is 0.263 e. The van der Waals surface area contributed by atoms with Gasteiger partial charge in [-0.25, -0.2) is 0 Å². The Morgan fingerprint density at radius 3 is 2.14 bits per heavy atom. The molecule has 4 fully saturated rings. The number of hydrogen-bond donors (Lipinski definition) is 2. The lowest BCUT2D eigenvalue weighted by molar-refractivity contribution is -0.122. The Morgan fingerprint density at radius 2 is 1.64 bits per heavy atom. The second-order valence-corrected chi connectivity index (χ2v) is 9.67. The fourth-order valence-corrected chi connectivity index (χ4v) is 6.50. The van der Waals surface area contributed by atoms with Crippen LogP contribution in [0.25, 0.3) is 0 Å². The van der Waals surface area contributed by atoms with E-state index in [1.807, 2.05) is 26.0 Å². The summed E-state index contributed by atoms with van der Waals surface area (Å²) in [7, 11) is 0. The highest BCUT2D eigenvalue weighted by molar-refractivity contribution is 5.97. The van der Waals surface area contributed by atoms with Crippen LogP contribution in [0.2, 0.25) is 0 Å². The summed E-state index contributed by atoms with van der Waals surface area (Å²) in [5.41, 5.74) is 3.57. The molecule has 28 heavy (non-hydrogen) atoms. The highest BCUT2D eigenvalue weighted by Crippen LogP contribution is 2.61. The van der Waals surface area contributed by atoms with Gasteiger partial charge in [0.1, 0.15) is 11.6 Å². The number of anilines is 1. The van der Waals surface area contributed by atoms with Gasteiger partial charge < -0.3 is 10.6 Å². The van der Waals surface area contributed by atoms with Crippen molar-refractivity contribution in [3.8, 4) is 6.07 Å². The SMILES string of the molecule is Cc1cc(C)cc(N/C=C(/C#N)C(=O)NC(C)C23CC4CC(CC(C4)C2)C3)c1. The van der Waals surface area contributed by atoms with E-state index >= 15 is 0 Å². The van der Waals surface area contributed by atoms with Gasteiger partial charge in [0.05, 0.1) is 0 Å². The number of carbonyl (C=O) groups is 1. The molecule has 4 bridgehead atoms. The van der Waals surface area contributed by atoms with Crippen LogP contribution in [0.3, 0.4) is 0 Å². The van der Waals surface area contributed by atoms with Crippen molar-refractivity contribution in [1.29, 1.82) is 5.26 Å². The van der Waals surface area contributed by atoms with Crippen molar-refractivity contribution in [2.24, 2.45) is 23.2 Å². The second-order valence-electron chi connectivity index (χ2n) is 9.67. The molecule has 4 nitrogen and oxygen atoms in total. The Kier molecular flexibility index (Phi) is 4.95. The molecule has 5 rings (SSSR count). The van der Waals surface area contributed by atoms with Gasteiger partial charge in [0.15, 0.2) is 0 Å². The average molecular weight is 378 g/mol. The molecular formula is C24H31N3O. The molecule has 1 unspecified atom stereocenters. The van der Waals surface area contributed by atoms with Gasteiger partial charge in [-0.2, -0.15) is 5.26 Å². The second kappa shape index (κ2) is 7.28. The van der Waals surface area contributed by atoms with Crippen LogP contribution in [-0.2, 0) is 4.79 Å². The first-order valence-electron chi connectivity index (χ1n) is 10.6. The predicted octanol–water partition coefficient (Wildman–Crippen LogP) is 4.84. The first-order valence-corrected chi connectivity index (χ1v) is 10.6.